The predicted molar refractivity (Wildman–Crippen MR) is 69.6 cm³/mol. The van der Waals surface area contributed by atoms with Crippen molar-refractivity contribution in [2.45, 2.75) is 26.1 Å². The molecule has 0 aliphatic carbocycles. The van der Waals surface area contributed by atoms with E-state index in [1.165, 1.54) is 5.56 Å². The molecular formula is C12H19BrN2. The van der Waals surface area contributed by atoms with Crippen molar-refractivity contribution in [3.8, 4) is 0 Å². The molecule has 1 aromatic rings. The first-order valence-electron chi connectivity index (χ1n) is 5.15. The third-order valence-electron chi connectivity index (χ3n) is 2.08. The number of hydrogen-bond acceptors (Lipinski definition) is 2. The van der Waals surface area contributed by atoms with E-state index in [0.29, 0.717) is 0 Å². The van der Waals surface area contributed by atoms with Gasteiger partial charge in [-0.15, -0.1) is 0 Å². The standard InChI is InChI=1S/C12H19BrN2/c1-12(2,3)9-15(4)11-10(8-13)6-5-7-14-11/h5-7H,8-9H2,1-4H3. The van der Waals surface area contributed by atoms with Gasteiger partial charge in [-0.2, -0.15) is 0 Å². The number of rotatable bonds is 3. The Morgan fingerprint density at radius 1 is 1.40 bits per heavy atom. The zero-order chi connectivity index (χ0) is 11.5. The molecule has 0 radical (unpaired) electrons. The number of anilines is 1. The summed E-state index contributed by atoms with van der Waals surface area (Å²) in [6.07, 6.45) is 1.85. The summed E-state index contributed by atoms with van der Waals surface area (Å²) in [4.78, 5) is 6.65. The fraction of sp³-hybridized carbons (Fsp3) is 0.583. The Kier molecular flexibility index (Phi) is 4.14. The summed E-state index contributed by atoms with van der Waals surface area (Å²) < 4.78 is 0. The molecule has 0 spiro atoms. The number of hydrogen-bond donors (Lipinski definition) is 0. The van der Waals surface area contributed by atoms with Crippen LogP contribution in [0.1, 0.15) is 26.3 Å². The minimum atomic E-state index is 0.288. The zero-order valence-corrected chi connectivity index (χ0v) is 11.5. The number of nitrogens with zero attached hydrogens (tertiary/aromatic N) is 2. The van der Waals surface area contributed by atoms with E-state index in [4.69, 9.17) is 0 Å². The van der Waals surface area contributed by atoms with Gasteiger partial charge in [-0.25, -0.2) is 4.98 Å². The van der Waals surface area contributed by atoms with Crippen molar-refractivity contribution in [3.63, 3.8) is 0 Å². The Labute approximate surface area is 101 Å². The molecule has 0 saturated heterocycles. The lowest BCUT2D eigenvalue weighted by atomic mass is 9.96. The molecule has 0 atom stereocenters. The van der Waals surface area contributed by atoms with Gasteiger partial charge in [0.15, 0.2) is 0 Å². The Bertz CT molecular complexity index is 318. The lowest BCUT2D eigenvalue weighted by Crippen LogP contribution is -2.30. The van der Waals surface area contributed by atoms with Gasteiger partial charge in [0, 0.05) is 30.7 Å². The van der Waals surface area contributed by atoms with Crippen LogP contribution in [0, 0.1) is 5.41 Å². The molecule has 1 aromatic heterocycles. The van der Waals surface area contributed by atoms with Gasteiger partial charge in [-0.1, -0.05) is 42.8 Å². The smallest absolute Gasteiger partial charge is 0.132 e. The molecule has 0 fully saturated rings. The monoisotopic (exact) mass is 270 g/mol. The van der Waals surface area contributed by atoms with E-state index >= 15 is 0 Å². The maximum Gasteiger partial charge on any atom is 0.132 e. The van der Waals surface area contributed by atoms with Crippen LogP contribution in [-0.2, 0) is 5.33 Å². The van der Waals surface area contributed by atoms with Crippen molar-refractivity contribution in [2.24, 2.45) is 5.41 Å². The van der Waals surface area contributed by atoms with E-state index in [-0.39, 0.29) is 5.41 Å². The van der Waals surface area contributed by atoms with E-state index in [9.17, 15) is 0 Å². The van der Waals surface area contributed by atoms with Crippen molar-refractivity contribution in [2.75, 3.05) is 18.5 Å². The highest BCUT2D eigenvalue weighted by Crippen LogP contribution is 2.22. The normalized spacial score (nSPS) is 11.5. The summed E-state index contributed by atoms with van der Waals surface area (Å²) in [5.74, 6) is 1.07. The van der Waals surface area contributed by atoms with Gasteiger partial charge in [0.1, 0.15) is 5.82 Å². The Balaban J connectivity index is 2.86. The third-order valence-corrected chi connectivity index (χ3v) is 2.69. The summed E-state index contributed by atoms with van der Waals surface area (Å²) in [5.41, 5.74) is 1.53. The van der Waals surface area contributed by atoms with Crippen molar-refractivity contribution in [1.29, 1.82) is 0 Å². The molecule has 1 rings (SSSR count). The minimum absolute atomic E-state index is 0.288. The van der Waals surface area contributed by atoms with Gasteiger partial charge in [0.05, 0.1) is 0 Å². The molecular weight excluding hydrogens is 252 g/mol. The molecule has 2 nitrogen and oxygen atoms in total. The van der Waals surface area contributed by atoms with Crippen molar-refractivity contribution < 1.29 is 0 Å². The molecule has 1 heterocycles. The lowest BCUT2D eigenvalue weighted by Gasteiger charge is -2.28. The lowest BCUT2D eigenvalue weighted by molar-refractivity contribution is 0.417. The molecule has 15 heavy (non-hydrogen) atoms. The molecule has 84 valence electrons. The topological polar surface area (TPSA) is 16.1 Å². The Hall–Kier alpha value is -0.570. The van der Waals surface area contributed by atoms with Gasteiger partial charge < -0.3 is 4.90 Å². The number of aromatic nitrogens is 1. The molecule has 0 aliphatic heterocycles. The second-order valence-corrected chi connectivity index (χ2v) is 5.60. The van der Waals surface area contributed by atoms with Crippen LogP contribution in [-0.4, -0.2) is 18.6 Å². The average molecular weight is 271 g/mol. The maximum atomic E-state index is 4.43. The molecule has 3 heteroatoms. The van der Waals surface area contributed by atoms with Crippen LogP contribution >= 0.6 is 15.9 Å². The van der Waals surface area contributed by atoms with Crippen LogP contribution in [0.2, 0.25) is 0 Å². The minimum Gasteiger partial charge on any atom is -0.359 e. The molecule has 0 amide bonds. The van der Waals surface area contributed by atoms with E-state index in [2.05, 4.69) is 59.7 Å². The number of halogens is 1. The van der Waals surface area contributed by atoms with Crippen molar-refractivity contribution in [3.05, 3.63) is 23.9 Å². The van der Waals surface area contributed by atoms with Crippen LogP contribution in [0.15, 0.2) is 18.3 Å². The van der Waals surface area contributed by atoms with Gasteiger partial charge in [-0.3, -0.25) is 0 Å². The summed E-state index contributed by atoms with van der Waals surface area (Å²) >= 11 is 3.49. The second-order valence-electron chi connectivity index (χ2n) is 5.04. The van der Waals surface area contributed by atoms with E-state index in [1.807, 2.05) is 12.3 Å². The Morgan fingerprint density at radius 2 is 2.07 bits per heavy atom. The second kappa shape index (κ2) is 4.97. The molecule has 0 unspecified atom stereocenters. The highest BCUT2D eigenvalue weighted by atomic mass is 79.9. The highest BCUT2D eigenvalue weighted by Gasteiger charge is 2.16. The van der Waals surface area contributed by atoms with Gasteiger partial charge in [-0.05, 0) is 11.5 Å². The fourth-order valence-corrected chi connectivity index (χ4v) is 2.10. The first-order chi connectivity index (χ1) is 6.94. The summed E-state index contributed by atoms with van der Waals surface area (Å²) in [5, 5.41) is 0.852. The molecule has 0 bridgehead atoms. The van der Waals surface area contributed by atoms with E-state index < -0.39 is 0 Å². The maximum absolute atomic E-state index is 4.43. The van der Waals surface area contributed by atoms with Gasteiger partial charge in [0.2, 0.25) is 0 Å². The summed E-state index contributed by atoms with van der Waals surface area (Å²) in [6.45, 7) is 7.71. The first-order valence-corrected chi connectivity index (χ1v) is 6.27. The number of alkyl halides is 1. The van der Waals surface area contributed by atoms with Crippen LogP contribution in [0.25, 0.3) is 0 Å². The third kappa shape index (κ3) is 3.82. The predicted octanol–water partition coefficient (Wildman–Crippen LogP) is 3.46. The van der Waals surface area contributed by atoms with E-state index in [1.54, 1.807) is 0 Å². The van der Waals surface area contributed by atoms with E-state index in [0.717, 1.165) is 17.7 Å². The first kappa shape index (κ1) is 12.5. The zero-order valence-electron chi connectivity index (χ0n) is 9.92. The molecule has 0 saturated carbocycles. The SMILES string of the molecule is CN(CC(C)(C)C)c1ncccc1CBr. The fourth-order valence-electron chi connectivity index (χ4n) is 1.66. The number of pyridine rings is 1. The van der Waals surface area contributed by atoms with Gasteiger partial charge >= 0.3 is 0 Å². The van der Waals surface area contributed by atoms with Crippen LogP contribution in [0.5, 0.6) is 0 Å². The molecule has 0 aromatic carbocycles. The van der Waals surface area contributed by atoms with Crippen LogP contribution < -0.4 is 4.90 Å². The largest absolute Gasteiger partial charge is 0.359 e. The quantitative estimate of drug-likeness (QED) is 0.783. The average Bonchev–Trinajstić information content (AvgIpc) is 2.15. The van der Waals surface area contributed by atoms with Gasteiger partial charge in [0.25, 0.3) is 0 Å². The summed E-state index contributed by atoms with van der Waals surface area (Å²) in [7, 11) is 2.10. The summed E-state index contributed by atoms with van der Waals surface area (Å²) in [6, 6.07) is 4.08. The van der Waals surface area contributed by atoms with Crippen LogP contribution in [0.4, 0.5) is 5.82 Å². The molecule has 0 aliphatic rings. The van der Waals surface area contributed by atoms with Crippen LogP contribution in [0.3, 0.4) is 0 Å². The van der Waals surface area contributed by atoms with Crippen molar-refractivity contribution in [1.82, 2.24) is 4.98 Å². The molecule has 0 N–H and O–H groups in total. The Morgan fingerprint density at radius 3 is 2.60 bits per heavy atom. The highest BCUT2D eigenvalue weighted by molar-refractivity contribution is 9.08. The van der Waals surface area contributed by atoms with Crippen molar-refractivity contribution >= 4 is 21.7 Å².